The van der Waals surface area contributed by atoms with Crippen LogP contribution < -0.4 is 10.6 Å². The number of carbonyl (C=O) groups is 1. The van der Waals surface area contributed by atoms with Crippen LogP contribution in [0.3, 0.4) is 0 Å². The summed E-state index contributed by atoms with van der Waals surface area (Å²) >= 11 is 1.79. The van der Waals surface area contributed by atoms with Crippen molar-refractivity contribution in [3.63, 3.8) is 0 Å². The molecular formula is C20H35N5O2S. The summed E-state index contributed by atoms with van der Waals surface area (Å²) < 4.78 is 5.09. The lowest BCUT2D eigenvalue weighted by molar-refractivity contribution is -0.127. The summed E-state index contributed by atoms with van der Waals surface area (Å²) in [5.74, 6) is 1.58. The van der Waals surface area contributed by atoms with Gasteiger partial charge in [-0.3, -0.25) is 4.79 Å². The van der Waals surface area contributed by atoms with E-state index in [1.807, 2.05) is 18.2 Å². The van der Waals surface area contributed by atoms with Crippen LogP contribution >= 0.6 is 11.8 Å². The number of hydrogen-bond acceptors (Lipinski definition) is 5. The molecule has 0 heterocycles. The number of thioether (sulfide) groups is 1. The fourth-order valence-corrected chi connectivity index (χ4v) is 3.06. The standard InChI is InChI=1S/C20H35N5O2S/c1-24(2)19(26)17-23-20(21-11-14-25(3)13-8-15-27-4)22-12-16-28-18-9-6-5-7-10-18/h5-7,9-10H,8,11-17H2,1-4H3,(H2,21,22,23). The van der Waals surface area contributed by atoms with Crippen LogP contribution in [-0.2, 0) is 9.53 Å². The van der Waals surface area contributed by atoms with E-state index in [9.17, 15) is 4.79 Å². The van der Waals surface area contributed by atoms with Crippen LogP contribution in [0.25, 0.3) is 0 Å². The van der Waals surface area contributed by atoms with Gasteiger partial charge in [-0.1, -0.05) is 18.2 Å². The molecule has 8 heteroatoms. The van der Waals surface area contributed by atoms with Crippen molar-refractivity contribution in [2.75, 3.05) is 73.3 Å². The van der Waals surface area contributed by atoms with Gasteiger partial charge in [-0.15, -0.1) is 11.8 Å². The molecule has 0 unspecified atom stereocenters. The Morgan fingerprint density at radius 3 is 2.50 bits per heavy atom. The molecular weight excluding hydrogens is 374 g/mol. The number of hydrogen-bond donors (Lipinski definition) is 2. The van der Waals surface area contributed by atoms with E-state index in [1.165, 1.54) is 4.90 Å². The van der Waals surface area contributed by atoms with Gasteiger partial charge >= 0.3 is 0 Å². The van der Waals surface area contributed by atoms with Crippen LogP contribution in [-0.4, -0.2) is 95.0 Å². The Labute approximate surface area is 173 Å². The third-order valence-corrected chi connectivity index (χ3v) is 4.97. The second-order valence-corrected chi connectivity index (χ2v) is 7.79. The first-order valence-corrected chi connectivity index (χ1v) is 10.6. The molecule has 0 saturated heterocycles. The number of ether oxygens (including phenoxy) is 1. The fraction of sp³-hybridized carbons (Fsp3) is 0.600. The smallest absolute Gasteiger partial charge is 0.243 e. The lowest BCUT2D eigenvalue weighted by atomic mass is 10.4. The third-order valence-electron chi connectivity index (χ3n) is 3.95. The number of likely N-dealkylation sites (N-methyl/N-ethyl adjacent to an activating group) is 2. The summed E-state index contributed by atoms with van der Waals surface area (Å²) in [5, 5.41) is 6.64. The Bertz CT molecular complexity index is 569. The van der Waals surface area contributed by atoms with E-state index in [2.05, 4.69) is 39.7 Å². The van der Waals surface area contributed by atoms with E-state index in [0.717, 1.165) is 45.0 Å². The van der Waals surface area contributed by atoms with Crippen molar-refractivity contribution in [3.05, 3.63) is 30.3 Å². The van der Waals surface area contributed by atoms with E-state index < -0.39 is 0 Å². The van der Waals surface area contributed by atoms with Crippen LogP contribution in [0.15, 0.2) is 40.2 Å². The van der Waals surface area contributed by atoms with Crippen molar-refractivity contribution in [2.24, 2.45) is 4.99 Å². The number of aliphatic imine (C=N–C) groups is 1. The van der Waals surface area contributed by atoms with Crippen molar-refractivity contribution < 1.29 is 9.53 Å². The van der Waals surface area contributed by atoms with Gasteiger partial charge in [-0.05, 0) is 25.6 Å². The molecule has 0 spiro atoms. The Hall–Kier alpha value is -1.77. The van der Waals surface area contributed by atoms with Crippen molar-refractivity contribution in [1.29, 1.82) is 0 Å². The molecule has 28 heavy (non-hydrogen) atoms. The van der Waals surface area contributed by atoms with Gasteiger partial charge in [-0.25, -0.2) is 4.99 Å². The average molecular weight is 410 g/mol. The quantitative estimate of drug-likeness (QED) is 0.222. The highest BCUT2D eigenvalue weighted by Gasteiger charge is 2.05. The fourth-order valence-electron chi connectivity index (χ4n) is 2.27. The minimum atomic E-state index is -0.0172. The SMILES string of the molecule is COCCCN(C)CCNC(=NCC(=O)N(C)C)NCCSc1ccccc1. The summed E-state index contributed by atoms with van der Waals surface area (Å²) in [5.41, 5.74) is 0. The maximum atomic E-state index is 11.8. The number of carbonyl (C=O) groups excluding carboxylic acids is 1. The van der Waals surface area contributed by atoms with Crippen molar-refractivity contribution >= 4 is 23.6 Å². The molecule has 0 fully saturated rings. The van der Waals surface area contributed by atoms with Crippen LogP contribution in [0.4, 0.5) is 0 Å². The summed E-state index contributed by atoms with van der Waals surface area (Å²) in [6, 6.07) is 10.3. The van der Waals surface area contributed by atoms with Crippen LogP contribution in [0.1, 0.15) is 6.42 Å². The Morgan fingerprint density at radius 1 is 1.11 bits per heavy atom. The number of nitrogens with one attached hydrogen (secondary N) is 2. The predicted molar refractivity (Wildman–Crippen MR) is 118 cm³/mol. The number of benzene rings is 1. The predicted octanol–water partition coefficient (Wildman–Crippen LogP) is 1.37. The second kappa shape index (κ2) is 15.2. The highest BCUT2D eigenvalue weighted by atomic mass is 32.2. The molecule has 2 N–H and O–H groups in total. The third kappa shape index (κ3) is 11.8. The maximum Gasteiger partial charge on any atom is 0.243 e. The van der Waals surface area contributed by atoms with Gasteiger partial charge in [0.2, 0.25) is 5.91 Å². The number of amides is 1. The van der Waals surface area contributed by atoms with Gasteiger partial charge in [0.05, 0.1) is 0 Å². The minimum Gasteiger partial charge on any atom is -0.385 e. The number of guanidine groups is 1. The Morgan fingerprint density at radius 2 is 1.82 bits per heavy atom. The zero-order chi connectivity index (χ0) is 20.6. The molecule has 1 rings (SSSR count). The normalized spacial score (nSPS) is 11.5. The highest BCUT2D eigenvalue weighted by Crippen LogP contribution is 2.15. The number of methoxy groups -OCH3 is 1. The molecule has 0 aliphatic carbocycles. The molecule has 0 aliphatic heterocycles. The van der Waals surface area contributed by atoms with Crippen LogP contribution in [0.5, 0.6) is 0 Å². The molecule has 1 aromatic rings. The molecule has 0 aromatic heterocycles. The zero-order valence-corrected chi connectivity index (χ0v) is 18.4. The van der Waals surface area contributed by atoms with Gasteiger partial charge in [0.25, 0.3) is 0 Å². The molecule has 0 saturated carbocycles. The molecule has 1 aromatic carbocycles. The number of rotatable bonds is 13. The maximum absolute atomic E-state index is 11.8. The van der Waals surface area contributed by atoms with Gasteiger partial charge in [0.1, 0.15) is 6.54 Å². The molecule has 0 atom stereocenters. The zero-order valence-electron chi connectivity index (χ0n) is 17.6. The number of nitrogens with zero attached hydrogens (tertiary/aromatic N) is 3. The monoisotopic (exact) mass is 409 g/mol. The molecule has 1 amide bonds. The first-order chi connectivity index (χ1) is 13.5. The summed E-state index contributed by atoms with van der Waals surface area (Å²) in [4.78, 5) is 21.3. The second-order valence-electron chi connectivity index (χ2n) is 6.62. The first kappa shape index (κ1) is 24.3. The van der Waals surface area contributed by atoms with E-state index in [0.29, 0.717) is 5.96 Å². The minimum absolute atomic E-state index is 0.0172. The van der Waals surface area contributed by atoms with Gasteiger partial charge in [0, 0.05) is 64.6 Å². The van der Waals surface area contributed by atoms with Crippen molar-refractivity contribution in [2.45, 2.75) is 11.3 Å². The average Bonchev–Trinajstić information content (AvgIpc) is 2.69. The van der Waals surface area contributed by atoms with Crippen molar-refractivity contribution in [1.82, 2.24) is 20.4 Å². The van der Waals surface area contributed by atoms with E-state index >= 15 is 0 Å². The largest absolute Gasteiger partial charge is 0.385 e. The van der Waals surface area contributed by atoms with Crippen molar-refractivity contribution in [3.8, 4) is 0 Å². The summed E-state index contributed by atoms with van der Waals surface area (Å²) in [7, 11) is 7.29. The van der Waals surface area contributed by atoms with Gasteiger partial charge in [0.15, 0.2) is 5.96 Å². The van der Waals surface area contributed by atoms with Crippen LogP contribution in [0, 0.1) is 0 Å². The van der Waals surface area contributed by atoms with Gasteiger partial charge in [-0.2, -0.15) is 0 Å². The molecule has 0 radical (unpaired) electrons. The van der Waals surface area contributed by atoms with E-state index in [1.54, 1.807) is 37.9 Å². The highest BCUT2D eigenvalue weighted by molar-refractivity contribution is 7.99. The topological polar surface area (TPSA) is 69.2 Å². The van der Waals surface area contributed by atoms with Crippen LogP contribution in [0.2, 0.25) is 0 Å². The Kier molecular flexibility index (Phi) is 13.2. The van der Waals surface area contributed by atoms with Gasteiger partial charge < -0.3 is 25.2 Å². The molecule has 158 valence electrons. The summed E-state index contributed by atoms with van der Waals surface area (Å²) in [6.45, 7) is 4.32. The molecule has 0 bridgehead atoms. The molecule has 7 nitrogen and oxygen atoms in total. The van der Waals surface area contributed by atoms with E-state index in [4.69, 9.17) is 4.74 Å². The van der Waals surface area contributed by atoms with E-state index in [-0.39, 0.29) is 12.5 Å². The molecule has 0 aliphatic rings. The lowest BCUT2D eigenvalue weighted by Gasteiger charge is -2.18. The Balaban J connectivity index is 2.40. The first-order valence-electron chi connectivity index (χ1n) is 9.60. The lowest BCUT2D eigenvalue weighted by Crippen LogP contribution is -2.42. The summed E-state index contributed by atoms with van der Waals surface area (Å²) in [6.07, 6.45) is 1.01.